The normalized spacial score (nSPS) is 10.4. The van der Waals surface area contributed by atoms with Crippen LogP contribution in [0.2, 0.25) is 5.02 Å². The monoisotopic (exact) mass is 320 g/mol. The van der Waals surface area contributed by atoms with Crippen molar-refractivity contribution in [1.29, 1.82) is 0 Å². The Morgan fingerprint density at radius 3 is 2.67 bits per heavy atom. The Labute approximate surface area is 133 Å². The molecule has 110 valence electrons. The van der Waals surface area contributed by atoms with Gasteiger partial charge in [-0.3, -0.25) is 4.79 Å². The molecule has 3 N–H and O–H groups in total. The quantitative estimate of drug-likeness (QED) is 0.815. The van der Waals surface area contributed by atoms with Crippen LogP contribution in [0.3, 0.4) is 0 Å². The van der Waals surface area contributed by atoms with E-state index >= 15 is 0 Å². The van der Waals surface area contributed by atoms with E-state index in [1.807, 2.05) is 43.3 Å². The molecule has 2 aromatic carbocycles. The van der Waals surface area contributed by atoms with Gasteiger partial charge in [0.05, 0.1) is 5.75 Å². The molecule has 21 heavy (non-hydrogen) atoms. The van der Waals surface area contributed by atoms with Gasteiger partial charge in [0.25, 0.3) is 0 Å². The van der Waals surface area contributed by atoms with Crippen LogP contribution in [-0.2, 0) is 10.5 Å². The fraction of sp³-hybridized carbons (Fsp3) is 0.188. The Bertz CT molecular complexity index is 629. The minimum absolute atomic E-state index is 0.0270. The topological polar surface area (TPSA) is 55.1 Å². The lowest BCUT2D eigenvalue weighted by Gasteiger charge is -2.08. The van der Waals surface area contributed by atoms with Crippen molar-refractivity contribution in [1.82, 2.24) is 0 Å². The van der Waals surface area contributed by atoms with Crippen LogP contribution < -0.4 is 11.1 Å². The van der Waals surface area contributed by atoms with Gasteiger partial charge in [-0.1, -0.05) is 29.8 Å². The molecule has 0 unspecified atom stereocenters. The Hall–Kier alpha value is -1.65. The van der Waals surface area contributed by atoms with Crippen molar-refractivity contribution in [3.8, 4) is 0 Å². The van der Waals surface area contributed by atoms with Crippen LogP contribution in [-0.4, -0.2) is 11.7 Å². The first-order valence-electron chi connectivity index (χ1n) is 6.53. The fourth-order valence-corrected chi connectivity index (χ4v) is 2.75. The van der Waals surface area contributed by atoms with Crippen molar-refractivity contribution >= 4 is 40.6 Å². The zero-order valence-electron chi connectivity index (χ0n) is 11.7. The Kier molecular flexibility index (Phi) is 5.53. The Morgan fingerprint density at radius 1 is 1.24 bits per heavy atom. The molecule has 0 heterocycles. The first kappa shape index (κ1) is 15.7. The van der Waals surface area contributed by atoms with E-state index in [4.69, 9.17) is 17.3 Å². The predicted molar refractivity (Wildman–Crippen MR) is 91.8 cm³/mol. The molecule has 0 aliphatic heterocycles. The van der Waals surface area contributed by atoms with Gasteiger partial charge in [-0.25, -0.2) is 0 Å². The van der Waals surface area contributed by atoms with Crippen molar-refractivity contribution < 1.29 is 4.79 Å². The largest absolute Gasteiger partial charge is 0.399 e. The van der Waals surface area contributed by atoms with Crippen LogP contribution >= 0.6 is 23.4 Å². The molecule has 0 radical (unpaired) electrons. The number of nitrogen functional groups attached to an aromatic ring is 1. The first-order chi connectivity index (χ1) is 10.0. The number of nitrogens with one attached hydrogen (secondary N) is 1. The summed E-state index contributed by atoms with van der Waals surface area (Å²) in [5.41, 5.74) is 9.30. The number of hydrogen-bond donors (Lipinski definition) is 2. The minimum atomic E-state index is -0.0270. The highest BCUT2D eigenvalue weighted by molar-refractivity contribution is 7.99. The number of carbonyl (C=O) groups excluding carboxylic acids is 1. The van der Waals surface area contributed by atoms with Crippen LogP contribution in [0.15, 0.2) is 42.5 Å². The summed E-state index contributed by atoms with van der Waals surface area (Å²) >= 11 is 7.49. The molecule has 1 amide bonds. The summed E-state index contributed by atoms with van der Waals surface area (Å²) in [6, 6.07) is 13.1. The number of thioether (sulfide) groups is 1. The highest BCUT2D eigenvalue weighted by Gasteiger charge is 2.06. The fourth-order valence-electron chi connectivity index (χ4n) is 1.79. The second-order valence-corrected chi connectivity index (χ2v) is 6.16. The molecule has 0 saturated carbocycles. The van der Waals surface area contributed by atoms with Crippen molar-refractivity contribution in [2.45, 2.75) is 12.7 Å². The number of hydrogen-bond acceptors (Lipinski definition) is 3. The Balaban J connectivity index is 1.82. The summed E-state index contributed by atoms with van der Waals surface area (Å²) in [4.78, 5) is 11.9. The van der Waals surface area contributed by atoms with Crippen molar-refractivity contribution in [2.75, 3.05) is 16.8 Å². The lowest BCUT2D eigenvalue weighted by molar-refractivity contribution is -0.113. The minimum Gasteiger partial charge on any atom is -0.399 e. The number of nitrogens with two attached hydrogens (primary N) is 1. The molecule has 5 heteroatoms. The zero-order valence-corrected chi connectivity index (χ0v) is 13.3. The second kappa shape index (κ2) is 7.38. The molecular weight excluding hydrogens is 304 g/mol. The molecule has 3 nitrogen and oxygen atoms in total. The van der Waals surface area contributed by atoms with Crippen molar-refractivity contribution in [3.63, 3.8) is 0 Å². The van der Waals surface area contributed by atoms with Gasteiger partial charge >= 0.3 is 0 Å². The summed E-state index contributed by atoms with van der Waals surface area (Å²) in [6.45, 7) is 1.94. The molecule has 0 aliphatic carbocycles. The van der Waals surface area contributed by atoms with E-state index < -0.39 is 0 Å². The first-order valence-corrected chi connectivity index (χ1v) is 8.06. The average Bonchev–Trinajstić information content (AvgIpc) is 2.45. The molecule has 0 saturated heterocycles. The number of rotatable bonds is 5. The van der Waals surface area contributed by atoms with Crippen LogP contribution in [0.1, 0.15) is 11.1 Å². The van der Waals surface area contributed by atoms with Gasteiger partial charge in [-0.2, -0.15) is 0 Å². The van der Waals surface area contributed by atoms with Gasteiger partial charge in [-0.05, 0) is 42.3 Å². The zero-order chi connectivity index (χ0) is 15.2. The number of anilines is 2. The molecule has 0 aliphatic rings. The van der Waals surface area contributed by atoms with E-state index in [1.54, 1.807) is 17.8 Å². The Morgan fingerprint density at radius 2 is 1.95 bits per heavy atom. The molecule has 0 atom stereocenters. The number of aryl methyl sites for hydroxylation is 1. The van der Waals surface area contributed by atoms with Crippen molar-refractivity contribution in [3.05, 3.63) is 58.6 Å². The van der Waals surface area contributed by atoms with Gasteiger partial charge < -0.3 is 11.1 Å². The van der Waals surface area contributed by atoms with Gasteiger partial charge in [0.15, 0.2) is 0 Å². The van der Waals surface area contributed by atoms with Gasteiger partial charge in [0.2, 0.25) is 5.91 Å². The van der Waals surface area contributed by atoms with E-state index in [2.05, 4.69) is 5.32 Å². The second-order valence-electron chi connectivity index (χ2n) is 4.74. The van der Waals surface area contributed by atoms with E-state index in [9.17, 15) is 4.79 Å². The van der Waals surface area contributed by atoms with Crippen LogP contribution in [0.4, 0.5) is 11.4 Å². The molecule has 2 rings (SSSR count). The van der Waals surface area contributed by atoms with Crippen molar-refractivity contribution in [2.24, 2.45) is 0 Å². The molecular formula is C16H17ClN2OS. The summed E-state index contributed by atoms with van der Waals surface area (Å²) < 4.78 is 0. The summed E-state index contributed by atoms with van der Waals surface area (Å²) in [6.07, 6.45) is 0. The molecule has 0 bridgehead atoms. The molecule has 2 aromatic rings. The number of benzene rings is 2. The molecule has 0 aromatic heterocycles. The van der Waals surface area contributed by atoms with E-state index in [0.29, 0.717) is 10.8 Å². The third-order valence-corrected chi connectivity index (χ3v) is 4.19. The summed E-state index contributed by atoms with van der Waals surface area (Å²) in [7, 11) is 0. The maximum Gasteiger partial charge on any atom is 0.234 e. The van der Waals surface area contributed by atoms with Crippen LogP contribution in [0, 0.1) is 6.92 Å². The number of amides is 1. The standard InChI is InChI=1S/C16H17ClN2OS/c1-11-2-5-13(17)8-15(11)19-16(20)10-21-9-12-3-6-14(18)7-4-12/h2-8H,9-10,18H2,1H3,(H,19,20). The van der Waals surface area contributed by atoms with E-state index in [-0.39, 0.29) is 5.91 Å². The maximum absolute atomic E-state index is 11.9. The third-order valence-electron chi connectivity index (χ3n) is 2.96. The van der Waals surface area contributed by atoms with E-state index in [0.717, 1.165) is 28.3 Å². The summed E-state index contributed by atoms with van der Waals surface area (Å²) in [5.74, 6) is 1.15. The van der Waals surface area contributed by atoms with Gasteiger partial charge in [0, 0.05) is 22.2 Å². The predicted octanol–water partition coefficient (Wildman–Crippen LogP) is 4.10. The smallest absolute Gasteiger partial charge is 0.234 e. The molecule has 0 fully saturated rings. The van der Waals surface area contributed by atoms with Crippen LogP contribution in [0.25, 0.3) is 0 Å². The highest BCUT2D eigenvalue weighted by Crippen LogP contribution is 2.21. The highest BCUT2D eigenvalue weighted by atomic mass is 35.5. The lowest BCUT2D eigenvalue weighted by atomic mass is 10.2. The summed E-state index contributed by atoms with van der Waals surface area (Å²) in [5, 5.41) is 3.50. The lowest BCUT2D eigenvalue weighted by Crippen LogP contribution is -2.15. The number of carbonyl (C=O) groups is 1. The number of halogens is 1. The maximum atomic E-state index is 11.9. The van der Waals surface area contributed by atoms with E-state index in [1.165, 1.54) is 0 Å². The average molecular weight is 321 g/mol. The van der Waals surface area contributed by atoms with Gasteiger partial charge in [-0.15, -0.1) is 11.8 Å². The van der Waals surface area contributed by atoms with Gasteiger partial charge in [0.1, 0.15) is 0 Å². The molecule has 0 spiro atoms. The third kappa shape index (κ3) is 4.99. The SMILES string of the molecule is Cc1ccc(Cl)cc1NC(=O)CSCc1ccc(N)cc1. The van der Waals surface area contributed by atoms with Crippen LogP contribution in [0.5, 0.6) is 0 Å².